The van der Waals surface area contributed by atoms with Gasteiger partial charge in [0.15, 0.2) is 0 Å². The number of thiophene rings is 1. The second-order valence-corrected chi connectivity index (χ2v) is 6.49. The third kappa shape index (κ3) is 2.93. The molecule has 1 aliphatic rings. The van der Waals surface area contributed by atoms with Gasteiger partial charge in [0.2, 0.25) is 0 Å². The summed E-state index contributed by atoms with van der Waals surface area (Å²) in [7, 11) is 0. The van der Waals surface area contributed by atoms with E-state index in [0.29, 0.717) is 0 Å². The summed E-state index contributed by atoms with van der Waals surface area (Å²) in [6.07, 6.45) is 5.30. The van der Waals surface area contributed by atoms with Crippen molar-refractivity contribution in [3.05, 3.63) is 35.2 Å². The maximum absolute atomic E-state index is 3.61. The van der Waals surface area contributed by atoms with Gasteiger partial charge in [-0.05, 0) is 60.5 Å². The van der Waals surface area contributed by atoms with E-state index in [0.717, 1.165) is 12.0 Å². The molecular weight excluding hydrogens is 238 g/mol. The lowest BCUT2D eigenvalue weighted by Gasteiger charge is -2.11. The molecule has 0 radical (unpaired) electrons. The fourth-order valence-corrected chi connectivity index (χ4v) is 3.47. The molecule has 3 rings (SSSR count). The van der Waals surface area contributed by atoms with Crippen LogP contribution in [-0.2, 0) is 6.42 Å². The summed E-state index contributed by atoms with van der Waals surface area (Å²) in [5.74, 6) is 0.772. The highest BCUT2D eigenvalue weighted by molar-refractivity contribution is 7.17. The van der Waals surface area contributed by atoms with Gasteiger partial charge < -0.3 is 5.32 Å². The second-order valence-electron chi connectivity index (χ2n) is 5.58. The topological polar surface area (TPSA) is 12.0 Å². The van der Waals surface area contributed by atoms with E-state index in [-0.39, 0.29) is 0 Å². The Kier molecular flexibility index (Phi) is 3.67. The van der Waals surface area contributed by atoms with E-state index in [9.17, 15) is 0 Å². The summed E-state index contributed by atoms with van der Waals surface area (Å²) in [5.41, 5.74) is 1.54. The van der Waals surface area contributed by atoms with Crippen LogP contribution in [0.15, 0.2) is 29.6 Å². The Bertz CT molecular complexity index is 513. The maximum Gasteiger partial charge on any atom is 0.0345 e. The third-order valence-corrected chi connectivity index (χ3v) is 4.79. The monoisotopic (exact) mass is 259 g/mol. The highest BCUT2D eigenvalue weighted by Crippen LogP contribution is 2.28. The van der Waals surface area contributed by atoms with E-state index < -0.39 is 0 Å². The summed E-state index contributed by atoms with van der Waals surface area (Å²) < 4.78 is 1.43. The van der Waals surface area contributed by atoms with Crippen LogP contribution in [0.2, 0.25) is 0 Å². The zero-order valence-corrected chi connectivity index (χ0v) is 11.8. The van der Waals surface area contributed by atoms with E-state index in [4.69, 9.17) is 0 Å². The van der Waals surface area contributed by atoms with Crippen molar-refractivity contribution < 1.29 is 0 Å². The standard InChI is InChI=1S/C16H21NS/c1-12(8-9-17-14-6-7-14)10-13-11-18-16-5-3-2-4-15(13)16/h2-5,11-12,14,17H,6-10H2,1H3. The van der Waals surface area contributed by atoms with Gasteiger partial charge in [0.1, 0.15) is 0 Å². The smallest absolute Gasteiger partial charge is 0.0345 e. The van der Waals surface area contributed by atoms with Crippen LogP contribution >= 0.6 is 11.3 Å². The lowest BCUT2D eigenvalue weighted by molar-refractivity contribution is 0.499. The van der Waals surface area contributed by atoms with Gasteiger partial charge in [0.25, 0.3) is 0 Å². The van der Waals surface area contributed by atoms with Gasteiger partial charge in [-0.1, -0.05) is 25.1 Å². The minimum atomic E-state index is 0.772. The van der Waals surface area contributed by atoms with Gasteiger partial charge in [0.05, 0.1) is 0 Å². The fraction of sp³-hybridized carbons (Fsp3) is 0.500. The van der Waals surface area contributed by atoms with Crippen molar-refractivity contribution >= 4 is 21.4 Å². The highest BCUT2D eigenvalue weighted by atomic mass is 32.1. The first-order valence-corrected chi connectivity index (χ1v) is 7.89. The van der Waals surface area contributed by atoms with Gasteiger partial charge in [-0.25, -0.2) is 0 Å². The van der Waals surface area contributed by atoms with Crippen molar-refractivity contribution in [2.75, 3.05) is 6.54 Å². The fourth-order valence-electron chi connectivity index (χ4n) is 2.49. The Labute approximate surface area is 113 Å². The maximum atomic E-state index is 3.61. The Hall–Kier alpha value is -0.860. The van der Waals surface area contributed by atoms with E-state index in [1.165, 1.54) is 47.9 Å². The second kappa shape index (κ2) is 5.41. The Morgan fingerprint density at radius 1 is 1.33 bits per heavy atom. The molecule has 1 fully saturated rings. The van der Waals surface area contributed by atoms with Crippen LogP contribution in [-0.4, -0.2) is 12.6 Å². The summed E-state index contributed by atoms with van der Waals surface area (Å²) >= 11 is 1.88. The molecule has 1 atom stereocenters. The lowest BCUT2D eigenvalue weighted by atomic mass is 9.98. The molecule has 2 aromatic rings. The van der Waals surface area contributed by atoms with Crippen LogP contribution in [0.3, 0.4) is 0 Å². The summed E-state index contributed by atoms with van der Waals surface area (Å²) in [4.78, 5) is 0. The Morgan fingerprint density at radius 3 is 3.00 bits per heavy atom. The molecule has 1 N–H and O–H groups in total. The first-order valence-electron chi connectivity index (χ1n) is 7.01. The van der Waals surface area contributed by atoms with Crippen LogP contribution in [0, 0.1) is 5.92 Å². The average molecular weight is 259 g/mol. The Balaban J connectivity index is 1.57. The molecule has 1 aromatic heterocycles. The number of fused-ring (bicyclic) bond motifs is 1. The molecule has 0 aliphatic heterocycles. The number of nitrogens with one attached hydrogen (secondary N) is 1. The van der Waals surface area contributed by atoms with Crippen molar-refractivity contribution in [2.45, 2.75) is 38.6 Å². The normalized spacial score (nSPS) is 17.2. The molecule has 18 heavy (non-hydrogen) atoms. The van der Waals surface area contributed by atoms with Crippen LogP contribution in [0.25, 0.3) is 10.1 Å². The third-order valence-electron chi connectivity index (χ3n) is 3.78. The van der Waals surface area contributed by atoms with Crippen molar-refractivity contribution in [2.24, 2.45) is 5.92 Å². The van der Waals surface area contributed by atoms with Crippen molar-refractivity contribution in [3.8, 4) is 0 Å². The predicted molar refractivity (Wildman–Crippen MR) is 80.3 cm³/mol. The van der Waals surface area contributed by atoms with Gasteiger partial charge in [-0.15, -0.1) is 11.3 Å². The minimum absolute atomic E-state index is 0.772. The molecule has 0 spiro atoms. The Morgan fingerprint density at radius 2 is 2.17 bits per heavy atom. The molecule has 1 aromatic carbocycles. The van der Waals surface area contributed by atoms with Gasteiger partial charge in [0, 0.05) is 10.7 Å². The summed E-state index contributed by atoms with van der Waals surface area (Å²) in [5, 5.41) is 7.41. The summed E-state index contributed by atoms with van der Waals surface area (Å²) in [6.45, 7) is 3.56. The van der Waals surface area contributed by atoms with Gasteiger partial charge in [-0.3, -0.25) is 0 Å². The molecule has 0 bridgehead atoms. The largest absolute Gasteiger partial charge is 0.314 e. The highest BCUT2D eigenvalue weighted by Gasteiger charge is 2.20. The van der Waals surface area contributed by atoms with Crippen molar-refractivity contribution in [3.63, 3.8) is 0 Å². The molecule has 1 nitrogen and oxygen atoms in total. The van der Waals surface area contributed by atoms with E-state index in [2.05, 4.69) is 41.9 Å². The molecule has 96 valence electrons. The van der Waals surface area contributed by atoms with E-state index in [1.807, 2.05) is 11.3 Å². The quantitative estimate of drug-likeness (QED) is 0.819. The van der Waals surface area contributed by atoms with E-state index in [1.54, 1.807) is 0 Å². The first-order chi connectivity index (χ1) is 8.83. The van der Waals surface area contributed by atoms with Crippen LogP contribution in [0.1, 0.15) is 31.7 Å². The number of hydrogen-bond donors (Lipinski definition) is 1. The van der Waals surface area contributed by atoms with Gasteiger partial charge >= 0.3 is 0 Å². The first kappa shape index (κ1) is 12.2. The number of hydrogen-bond acceptors (Lipinski definition) is 2. The molecule has 1 unspecified atom stereocenters. The van der Waals surface area contributed by atoms with Crippen molar-refractivity contribution in [1.29, 1.82) is 0 Å². The van der Waals surface area contributed by atoms with Crippen LogP contribution < -0.4 is 5.32 Å². The number of benzene rings is 1. The molecule has 0 saturated heterocycles. The molecule has 1 heterocycles. The zero-order valence-electron chi connectivity index (χ0n) is 11.0. The summed E-state index contributed by atoms with van der Waals surface area (Å²) in [6, 6.07) is 9.61. The molecule has 2 heteroatoms. The molecule has 1 saturated carbocycles. The van der Waals surface area contributed by atoms with Crippen LogP contribution in [0.4, 0.5) is 0 Å². The SMILES string of the molecule is CC(CCNC1CC1)Cc1csc2ccccc12. The van der Waals surface area contributed by atoms with Gasteiger partial charge in [-0.2, -0.15) is 0 Å². The lowest BCUT2D eigenvalue weighted by Crippen LogP contribution is -2.19. The zero-order chi connectivity index (χ0) is 12.4. The minimum Gasteiger partial charge on any atom is -0.314 e. The molecule has 1 aliphatic carbocycles. The predicted octanol–water partition coefficient (Wildman–Crippen LogP) is 4.22. The van der Waals surface area contributed by atoms with Crippen molar-refractivity contribution in [1.82, 2.24) is 5.32 Å². The van der Waals surface area contributed by atoms with E-state index >= 15 is 0 Å². The average Bonchev–Trinajstić information content (AvgIpc) is 3.11. The number of rotatable bonds is 6. The molecular formula is C16H21NS. The molecule has 0 amide bonds. The van der Waals surface area contributed by atoms with Crippen LogP contribution in [0.5, 0.6) is 0 Å².